The number of carbonyl (C=O) groups excluding carboxylic acids is 2. The SMILES string of the molecule is Cc1c(F)cc2c(c1C1OC(=O)NC1=O)CCC2. The van der Waals surface area contributed by atoms with Gasteiger partial charge in [-0.05, 0) is 48.9 Å². The molecule has 2 aliphatic rings. The molecule has 0 radical (unpaired) electrons. The lowest BCUT2D eigenvalue weighted by Crippen LogP contribution is -2.21. The Hall–Kier alpha value is -1.91. The number of amides is 2. The Bertz CT molecular complexity index is 568. The van der Waals surface area contributed by atoms with Crippen LogP contribution >= 0.6 is 0 Å². The highest BCUT2D eigenvalue weighted by atomic mass is 19.1. The number of cyclic esters (lactones) is 1. The summed E-state index contributed by atoms with van der Waals surface area (Å²) in [5, 5.41) is 2.08. The van der Waals surface area contributed by atoms with Gasteiger partial charge in [-0.25, -0.2) is 9.18 Å². The molecule has 1 aromatic carbocycles. The number of hydrogen-bond donors (Lipinski definition) is 1. The fraction of sp³-hybridized carbons (Fsp3) is 0.385. The number of benzene rings is 1. The number of fused-ring (bicyclic) bond motifs is 1. The average molecular weight is 249 g/mol. The van der Waals surface area contributed by atoms with Crippen LogP contribution < -0.4 is 5.32 Å². The Morgan fingerprint density at radius 1 is 1.39 bits per heavy atom. The van der Waals surface area contributed by atoms with Crippen LogP contribution in [0.25, 0.3) is 0 Å². The number of nitrogens with one attached hydrogen (secondary N) is 1. The molecule has 1 aromatic rings. The van der Waals surface area contributed by atoms with Crippen LogP contribution in [-0.4, -0.2) is 12.0 Å². The van der Waals surface area contributed by atoms with E-state index < -0.39 is 18.1 Å². The van der Waals surface area contributed by atoms with E-state index in [9.17, 15) is 14.0 Å². The van der Waals surface area contributed by atoms with Gasteiger partial charge in [-0.1, -0.05) is 0 Å². The zero-order valence-electron chi connectivity index (χ0n) is 9.88. The molecule has 0 bridgehead atoms. The Balaban J connectivity index is 2.17. The first kappa shape index (κ1) is 11.2. The summed E-state index contributed by atoms with van der Waals surface area (Å²) in [6, 6.07) is 1.52. The van der Waals surface area contributed by atoms with Crippen molar-refractivity contribution in [2.24, 2.45) is 0 Å². The molecule has 1 aliphatic heterocycles. The first-order chi connectivity index (χ1) is 8.58. The summed E-state index contributed by atoms with van der Waals surface area (Å²) in [5.41, 5.74) is 2.81. The number of rotatable bonds is 1. The number of alkyl carbamates (subject to hydrolysis) is 1. The minimum absolute atomic E-state index is 0.346. The van der Waals surface area contributed by atoms with E-state index in [0.717, 1.165) is 30.4 Å². The summed E-state index contributed by atoms with van der Waals surface area (Å²) in [6.45, 7) is 1.61. The first-order valence-corrected chi connectivity index (χ1v) is 5.90. The highest BCUT2D eigenvalue weighted by Gasteiger charge is 2.38. The molecule has 3 rings (SSSR count). The van der Waals surface area contributed by atoms with Crippen molar-refractivity contribution in [2.75, 3.05) is 0 Å². The van der Waals surface area contributed by atoms with Crippen molar-refractivity contribution in [3.63, 3.8) is 0 Å². The van der Waals surface area contributed by atoms with Gasteiger partial charge in [-0.15, -0.1) is 0 Å². The molecule has 2 amide bonds. The molecule has 1 atom stereocenters. The van der Waals surface area contributed by atoms with E-state index in [-0.39, 0.29) is 5.82 Å². The second-order valence-electron chi connectivity index (χ2n) is 4.66. The van der Waals surface area contributed by atoms with E-state index in [2.05, 4.69) is 5.32 Å². The molecule has 0 spiro atoms. The van der Waals surface area contributed by atoms with Crippen molar-refractivity contribution < 1.29 is 18.7 Å². The van der Waals surface area contributed by atoms with Gasteiger partial charge in [-0.2, -0.15) is 0 Å². The van der Waals surface area contributed by atoms with E-state index in [1.807, 2.05) is 0 Å². The van der Waals surface area contributed by atoms with Crippen LogP contribution in [0.4, 0.5) is 9.18 Å². The largest absolute Gasteiger partial charge is 0.431 e. The molecule has 94 valence electrons. The molecule has 18 heavy (non-hydrogen) atoms. The fourth-order valence-corrected chi connectivity index (χ4v) is 2.75. The maximum atomic E-state index is 13.8. The third-order valence-corrected chi connectivity index (χ3v) is 3.60. The summed E-state index contributed by atoms with van der Waals surface area (Å²) in [7, 11) is 0. The van der Waals surface area contributed by atoms with Gasteiger partial charge in [-0.3, -0.25) is 10.1 Å². The molecule has 1 unspecified atom stereocenters. The number of aryl methyl sites for hydroxylation is 1. The highest BCUT2D eigenvalue weighted by molar-refractivity contribution is 6.00. The van der Waals surface area contributed by atoms with Gasteiger partial charge < -0.3 is 4.74 Å². The molecule has 1 fully saturated rings. The first-order valence-electron chi connectivity index (χ1n) is 5.90. The third kappa shape index (κ3) is 1.50. The number of hydrogen-bond acceptors (Lipinski definition) is 3. The topological polar surface area (TPSA) is 55.4 Å². The van der Waals surface area contributed by atoms with Crippen molar-refractivity contribution in [3.05, 3.63) is 34.1 Å². The Labute approximate surface area is 103 Å². The summed E-state index contributed by atoms with van der Waals surface area (Å²) in [6.07, 6.45) is 0.781. The minimum Gasteiger partial charge on any atom is -0.431 e. The molecule has 1 heterocycles. The van der Waals surface area contributed by atoms with Gasteiger partial charge in [0.15, 0.2) is 0 Å². The quantitative estimate of drug-likeness (QED) is 0.827. The van der Waals surface area contributed by atoms with Crippen LogP contribution in [0.5, 0.6) is 0 Å². The summed E-state index contributed by atoms with van der Waals surface area (Å²) in [4.78, 5) is 22.8. The van der Waals surface area contributed by atoms with E-state index in [1.165, 1.54) is 6.07 Å². The van der Waals surface area contributed by atoms with Crippen LogP contribution in [-0.2, 0) is 22.4 Å². The molecule has 0 aromatic heterocycles. The lowest BCUT2D eigenvalue weighted by Gasteiger charge is -2.16. The Morgan fingerprint density at radius 2 is 2.17 bits per heavy atom. The van der Waals surface area contributed by atoms with Crippen molar-refractivity contribution >= 4 is 12.0 Å². The maximum Gasteiger partial charge on any atom is 0.415 e. The van der Waals surface area contributed by atoms with Crippen molar-refractivity contribution in [3.8, 4) is 0 Å². The van der Waals surface area contributed by atoms with Gasteiger partial charge in [0.05, 0.1) is 0 Å². The standard InChI is InChI=1S/C13H12FNO3/c1-6-9(14)5-7-3-2-4-8(7)10(6)11-12(16)15-13(17)18-11/h5,11H,2-4H2,1H3,(H,15,16,17). The molecule has 0 saturated carbocycles. The van der Waals surface area contributed by atoms with Gasteiger partial charge in [0.2, 0.25) is 6.10 Å². The van der Waals surface area contributed by atoms with E-state index in [4.69, 9.17) is 4.74 Å². The highest BCUT2D eigenvalue weighted by Crippen LogP contribution is 2.36. The molecule has 5 heteroatoms. The van der Waals surface area contributed by atoms with E-state index in [0.29, 0.717) is 11.1 Å². The van der Waals surface area contributed by atoms with Crippen LogP contribution in [0.3, 0.4) is 0 Å². The van der Waals surface area contributed by atoms with Crippen LogP contribution in [0, 0.1) is 12.7 Å². The smallest absolute Gasteiger partial charge is 0.415 e. The van der Waals surface area contributed by atoms with E-state index in [1.54, 1.807) is 6.92 Å². The fourth-order valence-electron chi connectivity index (χ4n) is 2.75. The van der Waals surface area contributed by atoms with Gasteiger partial charge >= 0.3 is 6.09 Å². The number of carbonyl (C=O) groups is 2. The molecule has 1 N–H and O–H groups in total. The molecule has 4 nitrogen and oxygen atoms in total. The zero-order chi connectivity index (χ0) is 12.9. The predicted octanol–water partition coefficient (Wildman–Crippen LogP) is 1.93. The average Bonchev–Trinajstić information content (AvgIpc) is 2.87. The van der Waals surface area contributed by atoms with Crippen LogP contribution in [0.15, 0.2) is 6.07 Å². The Kier molecular flexibility index (Phi) is 2.36. The van der Waals surface area contributed by atoms with Crippen molar-refractivity contribution in [1.29, 1.82) is 0 Å². The monoisotopic (exact) mass is 249 g/mol. The van der Waals surface area contributed by atoms with Crippen LogP contribution in [0.1, 0.15) is 34.8 Å². The number of ether oxygens (including phenoxy) is 1. The predicted molar refractivity (Wildman–Crippen MR) is 60.5 cm³/mol. The zero-order valence-corrected chi connectivity index (χ0v) is 9.88. The summed E-state index contributed by atoms with van der Waals surface area (Å²) >= 11 is 0. The molecule has 1 aliphatic carbocycles. The lowest BCUT2D eigenvalue weighted by atomic mass is 9.93. The van der Waals surface area contributed by atoms with Crippen molar-refractivity contribution in [2.45, 2.75) is 32.3 Å². The van der Waals surface area contributed by atoms with E-state index >= 15 is 0 Å². The Morgan fingerprint density at radius 3 is 2.83 bits per heavy atom. The summed E-state index contributed by atoms with van der Waals surface area (Å²) < 4.78 is 18.8. The summed E-state index contributed by atoms with van der Waals surface area (Å²) in [5.74, 6) is -0.857. The maximum absolute atomic E-state index is 13.8. The second kappa shape index (κ2) is 3.80. The van der Waals surface area contributed by atoms with Crippen molar-refractivity contribution in [1.82, 2.24) is 5.32 Å². The minimum atomic E-state index is -1.000. The third-order valence-electron chi connectivity index (χ3n) is 3.60. The van der Waals surface area contributed by atoms with Gasteiger partial charge in [0.25, 0.3) is 5.91 Å². The molecular weight excluding hydrogens is 237 g/mol. The molecular formula is C13H12FNO3. The van der Waals surface area contributed by atoms with Gasteiger partial charge in [0, 0.05) is 5.56 Å². The van der Waals surface area contributed by atoms with Gasteiger partial charge in [0.1, 0.15) is 5.82 Å². The number of halogens is 1. The second-order valence-corrected chi connectivity index (χ2v) is 4.66. The molecule has 1 saturated heterocycles. The number of imide groups is 1. The van der Waals surface area contributed by atoms with Crippen LogP contribution in [0.2, 0.25) is 0 Å². The lowest BCUT2D eigenvalue weighted by molar-refractivity contribution is -0.123. The normalized spacial score (nSPS) is 21.8.